The number of rotatable bonds is 2. The molecule has 0 bridgehead atoms. The quantitative estimate of drug-likeness (QED) is 0.913. The predicted molar refractivity (Wildman–Crippen MR) is 62.4 cm³/mol. The third-order valence-corrected chi connectivity index (χ3v) is 2.59. The van der Waals surface area contributed by atoms with Gasteiger partial charge in [0.1, 0.15) is 6.04 Å². The van der Waals surface area contributed by atoms with Crippen molar-refractivity contribution < 1.29 is 27.4 Å². The second-order valence-corrected chi connectivity index (χ2v) is 3.81. The number of hydrogen-bond acceptors (Lipinski definition) is 3. The van der Waals surface area contributed by atoms with Crippen molar-refractivity contribution >= 4 is 18.5 Å². The predicted octanol–water partition coefficient (Wildman–Crippen LogP) is 2.67. The molecule has 0 radical (unpaired) electrons. The average molecular weight is 298 g/mol. The standard InChI is InChI=1S/C11H10F3NO3.ClH/c1-17-8-4-6(2-3-7(8)12)9-11(13,14)5-18-10(16)15-9;/h2-4,9H,5H2,1H3,(H,15,16);1H/t9-;/m1./s1. The molecule has 0 saturated carbocycles. The van der Waals surface area contributed by atoms with E-state index in [2.05, 4.69) is 4.74 Å². The Morgan fingerprint density at radius 1 is 1.47 bits per heavy atom. The highest BCUT2D eigenvalue weighted by atomic mass is 35.5. The third-order valence-electron chi connectivity index (χ3n) is 2.59. The van der Waals surface area contributed by atoms with Crippen molar-refractivity contribution in [1.29, 1.82) is 0 Å². The highest BCUT2D eigenvalue weighted by Crippen LogP contribution is 2.36. The summed E-state index contributed by atoms with van der Waals surface area (Å²) in [5, 5.41) is 2.00. The summed E-state index contributed by atoms with van der Waals surface area (Å²) in [6.45, 7) is -1.01. The van der Waals surface area contributed by atoms with Crippen LogP contribution in [0.2, 0.25) is 0 Å². The van der Waals surface area contributed by atoms with E-state index in [0.29, 0.717) is 0 Å². The Labute approximate surface area is 113 Å². The summed E-state index contributed by atoms with van der Waals surface area (Å²) in [4.78, 5) is 11.0. The molecular weight excluding hydrogens is 287 g/mol. The van der Waals surface area contributed by atoms with E-state index < -0.39 is 30.5 Å². The maximum Gasteiger partial charge on any atom is 0.408 e. The number of carbonyl (C=O) groups excluding carboxylic acids is 1. The van der Waals surface area contributed by atoms with Crippen LogP contribution >= 0.6 is 12.4 Å². The van der Waals surface area contributed by atoms with Gasteiger partial charge in [0.25, 0.3) is 0 Å². The summed E-state index contributed by atoms with van der Waals surface area (Å²) in [5.74, 6) is -4.09. The van der Waals surface area contributed by atoms with Crippen LogP contribution in [0, 0.1) is 5.82 Å². The molecule has 4 nitrogen and oxygen atoms in total. The van der Waals surface area contributed by atoms with E-state index in [-0.39, 0.29) is 23.7 Å². The lowest BCUT2D eigenvalue weighted by Gasteiger charge is -2.31. The highest BCUT2D eigenvalue weighted by molar-refractivity contribution is 5.85. The number of nitrogens with one attached hydrogen (secondary N) is 1. The molecule has 1 atom stereocenters. The molecule has 1 aliphatic heterocycles. The number of alkyl halides is 2. The molecule has 19 heavy (non-hydrogen) atoms. The Kier molecular flexibility index (Phi) is 4.52. The lowest BCUT2D eigenvalue weighted by Crippen LogP contribution is -2.49. The Bertz CT molecular complexity index is 484. The van der Waals surface area contributed by atoms with Crippen LogP contribution in [0.5, 0.6) is 5.75 Å². The first-order chi connectivity index (χ1) is 8.44. The van der Waals surface area contributed by atoms with Crippen LogP contribution in [0.3, 0.4) is 0 Å². The van der Waals surface area contributed by atoms with Crippen molar-refractivity contribution in [3.05, 3.63) is 29.6 Å². The van der Waals surface area contributed by atoms with Crippen LogP contribution in [0.15, 0.2) is 18.2 Å². The average Bonchev–Trinajstić information content (AvgIpc) is 2.33. The summed E-state index contributed by atoms with van der Waals surface area (Å²) in [5.41, 5.74) is 0.0508. The lowest BCUT2D eigenvalue weighted by atomic mass is 10.00. The molecule has 0 unspecified atom stereocenters. The van der Waals surface area contributed by atoms with Crippen molar-refractivity contribution in [3.8, 4) is 5.75 Å². The first-order valence-electron chi connectivity index (χ1n) is 5.08. The Morgan fingerprint density at radius 2 is 2.16 bits per heavy atom. The summed E-state index contributed by atoms with van der Waals surface area (Å²) in [7, 11) is 1.23. The Morgan fingerprint density at radius 3 is 2.79 bits per heavy atom. The number of halogens is 4. The van der Waals surface area contributed by atoms with E-state index in [1.165, 1.54) is 13.2 Å². The number of methoxy groups -OCH3 is 1. The first kappa shape index (κ1) is 15.4. The summed E-state index contributed by atoms with van der Waals surface area (Å²) in [6, 6.07) is 1.74. The van der Waals surface area contributed by atoms with Crippen molar-refractivity contribution in [3.63, 3.8) is 0 Å². The minimum Gasteiger partial charge on any atom is -0.494 e. The van der Waals surface area contributed by atoms with Crippen LogP contribution in [-0.2, 0) is 4.74 Å². The minimum atomic E-state index is -3.27. The molecule has 0 aliphatic carbocycles. The topological polar surface area (TPSA) is 47.6 Å². The van der Waals surface area contributed by atoms with Gasteiger partial charge in [0.2, 0.25) is 0 Å². The van der Waals surface area contributed by atoms with E-state index in [1.807, 2.05) is 5.32 Å². The monoisotopic (exact) mass is 297 g/mol. The van der Waals surface area contributed by atoms with Crippen molar-refractivity contribution in [2.45, 2.75) is 12.0 Å². The zero-order valence-electron chi connectivity index (χ0n) is 9.78. The summed E-state index contributed by atoms with van der Waals surface area (Å²) >= 11 is 0. The molecule has 0 aromatic heterocycles. The Balaban J connectivity index is 0.00000180. The van der Waals surface area contributed by atoms with E-state index in [0.717, 1.165) is 12.1 Å². The number of benzene rings is 1. The summed E-state index contributed by atoms with van der Waals surface area (Å²) in [6.07, 6.45) is -0.936. The minimum absolute atomic E-state index is 0. The normalized spacial score (nSPS) is 20.8. The van der Waals surface area contributed by atoms with Gasteiger partial charge >= 0.3 is 12.0 Å². The molecular formula is C11H11ClF3NO3. The molecule has 1 amide bonds. The Hall–Kier alpha value is -1.63. The zero-order valence-corrected chi connectivity index (χ0v) is 10.6. The summed E-state index contributed by atoms with van der Waals surface area (Å²) < 4.78 is 49.3. The molecule has 8 heteroatoms. The SMILES string of the molecule is COc1cc([C@H]2NC(=O)OCC2(F)F)ccc1F.Cl. The molecule has 1 aromatic carbocycles. The first-order valence-corrected chi connectivity index (χ1v) is 5.08. The number of cyclic esters (lactones) is 1. The van der Waals surface area contributed by atoms with Crippen LogP contribution in [0.4, 0.5) is 18.0 Å². The zero-order chi connectivity index (χ0) is 13.3. The van der Waals surface area contributed by atoms with Gasteiger partial charge in [-0.25, -0.2) is 18.0 Å². The second kappa shape index (κ2) is 5.56. The van der Waals surface area contributed by atoms with Gasteiger partial charge in [0.05, 0.1) is 7.11 Å². The molecule has 1 aromatic rings. The molecule has 1 heterocycles. The molecule has 1 fully saturated rings. The van der Waals surface area contributed by atoms with E-state index in [9.17, 15) is 18.0 Å². The maximum absolute atomic E-state index is 13.6. The van der Waals surface area contributed by atoms with Gasteiger partial charge in [-0.3, -0.25) is 0 Å². The van der Waals surface area contributed by atoms with Crippen LogP contribution in [-0.4, -0.2) is 25.7 Å². The largest absolute Gasteiger partial charge is 0.494 e. The number of ether oxygens (including phenoxy) is 2. The highest BCUT2D eigenvalue weighted by Gasteiger charge is 2.46. The molecule has 1 saturated heterocycles. The molecule has 1 aliphatic rings. The van der Waals surface area contributed by atoms with Crippen molar-refractivity contribution in [1.82, 2.24) is 5.32 Å². The van der Waals surface area contributed by atoms with Crippen molar-refractivity contribution in [2.24, 2.45) is 0 Å². The number of hydrogen-bond donors (Lipinski definition) is 1. The third kappa shape index (κ3) is 3.04. The number of alkyl carbamates (subject to hydrolysis) is 1. The van der Waals surface area contributed by atoms with Gasteiger partial charge in [0.15, 0.2) is 18.2 Å². The smallest absolute Gasteiger partial charge is 0.408 e. The van der Waals surface area contributed by atoms with Gasteiger partial charge in [0, 0.05) is 0 Å². The number of amides is 1. The fourth-order valence-corrected chi connectivity index (χ4v) is 1.69. The molecule has 2 rings (SSSR count). The van der Waals surface area contributed by atoms with Crippen molar-refractivity contribution in [2.75, 3.05) is 13.7 Å². The second-order valence-electron chi connectivity index (χ2n) is 3.81. The van der Waals surface area contributed by atoms with Crippen LogP contribution in [0.25, 0.3) is 0 Å². The number of carbonyl (C=O) groups is 1. The van der Waals surface area contributed by atoms with Crippen LogP contribution < -0.4 is 10.1 Å². The van der Waals surface area contributed by atoms with E-state index in [1.54, 1.807) is 0 Å². The van der Waals surface area contributed by atoms with Gasteiger partial charge in [-0.1, -0.05) is 6.07 Å². The molecule has 106 valence electrons. The fourth-order valence-electron chi connectivity index (χ4n) is 1.69. The van der Waals surface area contributed by atoms with Gasteiger partial charge in [-0.2, -0.15) is 0 Å². The van der Waals surface area contributed by atoms with Gasteiger partial charge < -0.3 is 14.8 Å². The maximum atomic E-state index is 13.6. The van der Waals surface area contributed by atoms with Gasteiger partial charge in [-0.05, 0) is 17.7 Å². The van der Waals surface area contributed by atoms with E-state index in [4.69, 9.17) is 4.74 Å². The molecule has 0 spiro atoms. The van der Waals surface area contributed by atoms with Crippen LogP contribution in [0.1, 0.15) is 11.6 Å². The molecule has 1 N–H and O–H groups in total. The van der Waals surface area contributed by atoms with Gasteiger partial charge in [-0.15, -0.1) is 12.4 Å². The van der Waals surface area contributed by atoms with E-state index >= 15 is 0 Å². The fraction of sp³-hybridized carbons (Fsp3) is 0.364. The lowest BCUT2D eigenvalue weighted by molar-refractivity contribution is -0.104.